The second-order valence-corrected chi connectivity index (χ2v) is 6.14. The SMILES string of the molecule is CC1CCC(NS(=O)(=O)CCl)CC1. The van der Waals surface area contributed by atoms with Crippen molar-refractivity contribution in [3.63, 3.8) is 0 Å². The van der Waals surface area contributed by atoms with Gasteiger partial charge in [0.25, 0.3) is 0 Å². The smallest absolute Gasteiger partial charge is 0.211 e. The summed E-state index contributed by atoms with van der Waals surface area (Å²) in [7, 11) is -3.22. The lowest BCUT2D eigenvalue weighted by Crippen LogP contribution is -2.37. The maximum absolute atomic E-state index is 11.1. The van der Waals surface area contributed by atoms with Crippen molar-refractivity contribution in [1.29, 1.82) is 0 Å². The summed E-state index contributed by atoms with van der Waals surface area (Å²) in [6.07, 6.45) is 4.10. The van der Waals surface area contributed by atoms with E-state index in [0.717, 1.165) is 31.6 Å². The average molecular weight is 226 g/mol. The lowest BCUT2D eigenvalue weighted by molar-refractivity contribution is 0.332. The molecule has 1 N–H and O–H groups in total. The van der Waals surface area contributed by atoms with Crippen molar-refractivity contribution >= 4 is 21.6 Å². The predicted molar refractivity (Wildman–Crippen MR) is 54.2 cm³/mol. The van der Waals surface area contributed by atoms with Gasteiger partial charge in [-0.2, -0.15) is 0 Å². The molecule has 0 aromatic rings. The first-order valence-electron chi connectivity index (χ1n) is 4.59. The summed E-state index contributed by atoms with van der Waals surface area (Å²) in [5.41, 5.74) is 0. The van der Waals surface area contributed by atoms with Gasteiger partial charge in [-0.15, -0.1) is 11.6 Å². The second kappa shape index (κ2) is 4.62. The molecule has 1 fully saturated rings. The number of hydrogen-bond acceptors (Lipinski definition) is 2. The zero-order valence-corrected chi connectivity index (χ0v) is 9.37. The van der Waals surface area contributed by atoms with Crippen LogP contribution in [0.25, 0.3) is 0 Å². The fourth-order valence-electron chi connectivity index (χ4n) is 1.66. The van der Waals surface area contributed by atoms with Gasteiger partial charge in [0.2, 0.25) is 10.0 Å². The standard InChI is InChI=1S/C8H16ClNO2S/c1-7-2-4-8(5-3-7)10-13(11,12)6-9/h7-8,10H,2-6H2,1H3. The zero-order chi connectivity index (χ0) is 9.90. The van der Waals surface area contributed by atoms with Crippen molar-refractivity contribution in [2.45, 2.75) is 38.6 Å². The van der Waals surface area contributed by atoms with Crippen LogP contribution in [0.3, 0.4) is 0 Å². The Morgan fingerprint density at radius 2 is 1.85 bits per heavy atom. The Kier molecular flexibility index (Phi) is 4.01. The summed E-state index contributed by atoms with van der Waals surface area (Å²) in [4.78, 5) is 0. The van der Waals surface area contributed by atoms with E-state index in [2.05, 4.69) is 11.6 Å². The van der Waals surface area contributed by atoms with Gasteiger partial charge in [-0.25, -0.2) is 13.1 Å². The van der Waals surface area contributed by atoms with Crippen LogP contribution in [0.1, 0.15) is 32.6 Å². The van der Waals surface area contributed by atoms with Crippen molar-refractivity contribution in [3.05, 3.63) is 0 Å². The molecule has 0 heterocycles. The molecule has 1 saturated carbocycles. The third-order valence-electron chi connectivity index (χ3n) is 2.51. The van der Waals surface area contributed by atoms with Crippen molar-refractivity contribution < 1.29 is 8.42 Å². The van der Waals surface area contributed by atoms with Crippen LogP contribution < -0.4 is 4.72 Å². The molecular formula is C8H16ClNO2S. The van der Waals surface area contributed by atoms with Crippen molar-refractivity contribution in [3.8, 4) is 0 Å². The molecule has 1 aliphatic carbocycles. The largest absolute Gasteiger partial charge is 0.225 e. The summed E-state index contributed by atoms with van der Waals surface area (Å²) in [6, 6.07) is 0.111. The molecule has 3 nitrogen and oxygen atoms in total. The first kappa shape index (κ1) is 11.3. The Balaban J connectivity index is 2.39. The molecule has 13 heavy (non-hydrogen) atoms. The summed E-state index contributed by atoms with van der Waals surface area (Å²) >= 11 is 5.29. The Morgan fingerprint density at radius 1 is 1.31 bits per heavy atom. The minimum Gasteiger partial charge on any atom is -0.211 e. The van der Waals surface area contributed by atoms with E-state index in [9.17, 15) is 8.42 Å². The number of halogens is 1. The number of rotatable bonds is 3. The molecule has 5 heteroatoms. The monoisotopic (exact) mass is 225 g/mol. The van der Waals surface area contributed by atoms with Gasteiger partial charge >= 0.3 is 0 Å². The third kappa shape index (κ3) is 3.83. The first-order chi connectivity index (χ1) is 6.03. The van der Waals surface area contributed by atoms with E-state index < -0.39 is 10.0 Å². The van der Waals surface area contributed by atoms with Crippen LogP contribution in [0, 0.1) is 5.92 Å². The van der Waals surface area contributed by atoms with E-state index in [0.29, 0.717) is 0 Å². The van der Waals surface area contributed by atoms with Crippen molar-refractivity contribution in [1.82, 2.24) is 4.72 Å². The maximum atomic E-state index is 11.1. The third-order valence-corrected chi connectivity index (χ3v) is 4.35. The highest BCUT2D eigenvalue weighted by Gasteiger charge is 2.21. The molecule has 0 amide bonds. The van der Waals surface area contributed by atoms with Gasteiger partial charge in [-0.3, -0.25) is 0 Å². The summed E-state index contributed by atoms with van der Waals surface area (Å²) in [6.45, 7) is 2.20. The highest BCUT2D eigenvalue weighted by Crippen LogP contribution is 2.23. The van der Waals surface area contributed by atoms with Gasteiger partial charge in [0.05, 0.1) is 0 Å². The van der Waals surface area contributed by atoms with E-state index in [1.807, 2.05) is 0 Å². The van der Waals surface area contributed by atoms with E-state index in [1.54, 1.807) is 0 Å². The lowest BCUT2D eigenvalue weighted by atomic mass is 9.88. The fraction of sp³-hybridized carbons (Fsp3) is 1.00. The number of nitrogens with one attached hydrogen (secondary N) is 1. The van der Waals surface area contributed by atoms with Gasteiger partial charge in [0.1, 0.15) is 5.21 Å². The topological polar surface area (TPSA) is 46.2 Å². The van der Waals surface area contributed by atoms with Crippen LogP contribution in [0.5, 0.6) is 0 Å². The predicted octanol–water partition coefficient (Wildman–Crippen LogP) is 1.68. The van der Waals surface area contributed by atoms with Gasteiger partial charge in [0, 0.05) is 6.04 Å². The van der Waals surface area contributed by atoms with Crippen LogP contribution in [0.4, 0.5) is 0 Å². The molecule has 1 rings (SSSR count). The molecule has 0 bridgehead atoms. The minimum atomic E-state index is -3.22. The summed E-state index contributed by atoms with van der Waals surface area (Å²) < 4.78 is 24.8. The quantitative estimate of drug-likeness (QED) is 0.743. The van der Waals surface area contributed by atoms with Crippen molar-refractivity contribution in [2.75, 3.05) is 5.21 Å². The molecule has 0 aliphatic heterocycles. The lowest BCUT2D eigenvalue weighted by Gasteiger charge is -2.26. The van der Waals surface area contributed by atoms with Crippen LogP contribution in [0.15, 0.2) is 0 Å². The molecule has 78 valence electrons. The Bertz CT molecular complexity index is 245. The zero-order valence-electron chi connectivity index (χ0n) is 7.79. The van der Waals surface area contributed by atoms with Gasteiger partial charge in [0.15, 0.2) is 0 Å². The van der Waals surface area contributed by atoms with E-state index in [4.69, 9.17) is 11.6 Å². The molecular weight excluding hydrogens is 210 g/mol. The van der Waals surface area contributed by atoms with E-state index in [-0.39, 0.29) is 11.3 Å². The first-order valence-corrected chi connectivity index (χ1v) is 6.78. The number of hydrogen-bond donors (Lipinski definition) is 1. The Morgan fingerprint density at radius 3 is 2.31 bits per heavy atom. The average Bonchev–Trinajstić information content (AvgIpc) is 2.09. The molecule has 0 saturated heterocycles. The Hall–Kier alpha value is 0.200. The molecule has 0 radical (unpaired) electrons. The van der Waals surface area contributed by atoms with Gasteiger partial charge in [-0.05, 0) is 31.6 Å². The molecule has 1 aliphatic rings. The van der Waals surface area contributed by atoms with Crippen LogP contribution >= 0.6 is 11.6 Å². The second-order valence-electron chi connectivity index (χ2n) is 3.80. The molecule has 0 unspecified atom stereocenters. The fourth-order valence-corrected chi connectivity index (χ4v) is 2.66. The summed E-state index contributed by atoms with van der Waals surface area (Å²) in [5.74, 6) is 0.733. The highest BCUT2D eigenvalue weighted by atomic mass is 35.5. The van der Waals surface area contributed by atoms with Crippen LogP contribution in [-0.4, -0.2) is 19.7 Å². The van der Waals surface area contributed by atoms with Gasteiger partial charge in [-0.1, -0.05) is 6.92 Å². The molecule has 0 aromatic heterocycles. The van der Waals surface area contributed by atoms with Crippen LogP contribution in [0.2, 0.25) is 0 Å². The van der Waals surface area contributed by atoms with E-state index in [1.165, 1.54) is 0 Å². The number of alkyl halides is 1. The maximum Gasteiger partial charge on any atom is 0.225 e. The molecule has 0 atom stereocenters. The normalized spacial score (nSPS) is 30.3. The molecule has 0 aromatic carbocycles. The Labute approximate surface area is 84.9 Å². The number of sulfonamides is 1. The van der Waals surface area contributed by atoms with Crippen LogP contribution in [-0.2, 0) is 10.0 Å². The highest BCUT2D eigenvalue weighted by molar-refractivity contribution is 7.90. The minimum absolute atomic E-state index is 0.111. The van der Waals surface area contributed by atoms with E-state index >= 15 is 0 Å². The van der Waals surface area contributed by atoms with Gasteiger partial charge < -0.3 is 0 Å². The summed E-state index contributed by atoms with van der Waals surface area (Å²) in [5, 5.41) is -0.334. The van der Waals surface area contributed by atoms with Crippen molar-refractivity contribution in [2.24, 2.45) is 5.92 Å². The molecule has 0 spiro atoms.